The van der Waals surface area contributed by atoms with Crippen molar-refractivity contribution >= 4 is 35.1 Å². The minimum atomic E-state index is -1.05. The number of benzene rings is 2. The molecule has 210 valence electrons. The zero-order valence-electron chi connectivity index (χ0n) is 22.3. The third-order valence-electron chi connectivity index (χ3n) is 8.44. The van der Waals surface area contributed by atoms with Gasteiger partial charge < -0.3 is 14.7 Å². The molecule has 0 aromatic heterocycles. The van der Waals surface area contributed by atoms with E-state index in [0.29, 0.717) is 41.3 Å². The summed E-state index contributed by atoms with van der Waals surface area (Å²) in [6, 6.07) is 7.87. The second-order valence-corrected chi connectivity index (χ2v) is 12.3. The molecular formula is C30H35Cl2FN2O4. The number of hydrogen-bond donors (Lipinski definition) is 1. The number of nitrogens with zero attached hydrogens (tertiary/aromatic N) is 2. The third-order valence-corrected chi connectivity index (χ3v) is 8.88. The molecule has 6 nitrogen and oxygen atoms in total. The Morgan fingerprint density at radius 3 is 2.36 bits per heavy atom. The fourth-order valence-electron chi connectivity index (χ4n) is 5.97. The Hall–Kier alpha value is -2.35. The molecule has 2 saturated heterocycles. The van der Waals surface area contributed by atoms with Crippen LogP contribution in [0.5, 0.6) is 5.75 Å². The number of ether oxygens (including phenoxy) is 1. The maximum atomic E-state index is 15.3. The highest BCUT2D eigenvalue weighted by molar-refractivity contribution is 6.34. The maximum Gasteiger partial charge on any atom is 0.326 e. The van der Waals surface area contributed by atoms with E-state index in [1.54, 1.807) is 12.1 Å². The van der Waals surface area contributed by atoms with Crippen molar-refractivity contribution in [3.05, 3.63) is 62.9 Å². The summed E-state index contributed by atoms with van der Waals surface area (Å²) >= 11 is 12.4. The van der Waals surface area contributed by atoms with E-state index < -0.39 is 23.7 Å². The SMILES string of the molecule is C[C@@H]1C[C@@H](C(=O)O)N(C(=O)c2cc(C3CC3)c(OCC3CCN([C@@H](C)c4cc(Cl)cc(Cl)c4)CC3)cc2F)C1. The van der Waals surface area contributed by atoms with Crippen molar-refractivity contribution in [1.82, 2.24) is 9.80 Å². The molecule has 0 radical (unpaired) electrons. The molecule has 0 unspecified atom stereocenters. The van der Waals surface area contributed by atoms with Gasteiger partial charge in [0.2, 0.25) is 0 Å². The van der Waals surface area contributed by atoms with E-state index >= 15 is 4.39 Å². The van der Waals surface area contributed by atoms with Crippen LogP contribution in [0.1, 0.15) is 79.4 Å². The van der Waals surface area contributed by atoms with Crippen LogP contribution < -0.4 is 4.74 Å². The van der Waals surface area contributed by atoms with Crippen LogP contribution >= 0.6 is 23.2 Å². The molecule has 0 bridgehead atoms. The molecule has 3 fully saturated rings. The Labute approximate surface area is 239 Å². The molecular weight excluding hydrogens is 542 g/mol. The summed E-state index contributed by atoms with van der Waals surface area (Å²) in [6.45, 7) is 6.69. The van der Waals surface area contributed by atoms with Crippen LogP contribution in [0.2, 0.25) is 10.0 Å². The van der Waals surface area contributed by atoms with E-state index in [2.05, 4.69) is 11.8 Å². The van der Waals surface area contributed by atoms with E-state index in [9.17, 15) is 14.7 Å². The van der Waals surface area contributed by atoms with Gasteiger partial charge in [-0.3, -0.25) is 9.69 Å². The predicted octanol–water partition coefficient (Wildman–Crippen LogP) is 6.80. The van der Waals surface area contributed by atoms with Gasteiger partial charge in [-0.1, -0.05) is 30.1 Å². The summed E-state index contributed by atoms with van der Waals surface area (Å²) in [6.07, 6.45) is 4.24. The standard InChI is InChI=1S/C30H35Cl2FN2O4/c1-17-9-27(30(37)38)35(15-17)29(36)25-13-24(20-3-4-20)28(14-26(25)33)39-16-19-5-7-34(8-6-19)18(2)21-10-22(31)12-23(32)11-21/h10-14,17-20,27H,3-9,15-16H2,1-2H3,(H,37,38)/t17-,18+,27+/m1/s1. The highest BCUT2D eigenvalue weighted by Crippen LogP contribution is 2.45. The summed E-state index contributed by atoms with van der Waals surface area (Å²) in [4.78, 5) is 28.6. The summed E-state index contributed by atoms with van der Waals surface area (Å²) in [5.74, 6) is -1.12. The number of carbonyl (C=O) groups is 2. The summed E-state index contributed by atoms with van der Waals surface area (Å²) in [5, 5.41) is 10.8. The minimum Gasteiger partial charge on any atom is -0.493 e. The monoisotopic (exact) mass is 576 g/mol. The first-order chi connectivity index (χ1) is 18.6. The molecule has 2 aliphatic heterocycles. The molecule has 1 aliphatic carbocycles. The van der Waals surface area contributed by atoms with E-state index in [4.69, 9.17) is 27.9 Å². The number of halogens is 3. The van der Waals surface area contributed by atoms with Crippen molar-refractivity contribution in [3.63, 3.8) is 0 Å². The number of piperidine rings is 1. The molecule has 1 saturated carbocycles. The van der Waals surface area contributed by atoms with E-state index in [1.807, 2.05) is 19.1 Å². The van der Waals surface area contributed by atoms with E-state index in [1.165, 1.54) is 11.0 Å². The molecule has 2 aromatic carbocycles. The lowest BCUT2D eigenvalue weighted by Crippen LogP contribution is -2.40. The first kappa shape index (κ1) is 28.2. The summed E-state index contributed by atoms with van der Waals surface area (Å²) in [7, 11) is 0. The van der Waals surface area contributed by atoms with Crippen molar-refractivity contribution in [1.29, 1.82) is 0 Å². The van der Waals surface area contributed by atoms with Crippen molar-refractivity contribution in [2.45, 2.75) is 64.0 Å². The third kappa shape index (κ3) is 6.36. The average Bonchev–Trinajstić information content (AvgIpc) is 3.66. The first-order valence-corrected chi connectivity index (χ1v) is 14.6. The zero-order chi connectivity index (χ0) is 27.8. The average molecular weight is 578 g/mol. The lowest BCUT2D eigenvalue weighted by molar-refractivity contribution is -0.141. The van der Waals surface area contributed by atoms with Gasteiger partial charge in [-0.05, 0) is 105 Å². The second-order valence-electron chi connectivity index (χ2n) is 11.5. The fourth-order valence-corrected chi connectivity index (χ4v) is 6.52. The van der Waals surface area contributed by atoms with E-state index in [0.717, 1.165) is 49.9 Å². The summed E-state index contributed by atoms with van der Waals surface area (Å²) in [5.41, 5.74) is 1.88. The van der Waals surface area contributed by atoms with Gasteiger partial charge in [0.15, 0.2) is 0 Å². The zero-order valence-corrected chi connectivity index (χ0v) is 23.8. The predicted molar refractivity (Wildman–Crippen MR) is 149 cm³/mol. The Morgan fingerprint density at radius 2 is 1.74 bits per heavy atom. The lowest BCUT2D eigenvalue weighted by Gasteiger charge is -2.36. The number of hydrogen-bond acceptors (Lipinski definition) is 4. The largest absolute Gasteiger partial charge is 0.493 e. The number of carbonyl (C=O) groups excluding carboxylic acids is 1. The highest BCUT2D eigenvalue weighted by Gasteiger charge is 2.40. The van der Waals surface area contributed by atoms with Gasteiger partial charge in [-0.25, -0.2) is 9.18 Å². The smallest absolute Gasteiger partial charge is 0.326 e. The Bertz CT molecular complexity index is 1230. The topological polar surface area (TPSA) is 70.1 Å². The van der Waals surface area contributed by atoms with Gasteiger partial charge in [0.05, 0.1) is 12.2 Å². The lowest BCUT2D eigenvalue weighted by atomic mass is 9.95. The number of amides is 1. The maximum absolute atomic E-state index is 15.3. The van der Waals surface area contributed by atoms with Crippen LogP contribution in [0.25, 0.3) is 0 Å². The molecule has 3 aliphatic rings. The molecule has 0 spiro atoms. The molecule has 9 heteroatoms. The molecule has 5 rings (SSSR count). The van der Waals surface area contributed by atoms with Crippen LogP contribution in [0.15, 0.2) is 30.3 Å². The molecule has 3 atom stereocenters. The number of carboxylic acids is 1. The Kier molecular flexibility index (Phi) is 8.41. The van der Waals surface area contributed by atoms with Gasteiger partial charge in [-0.15, -0.1) is 0 Å². The van der Waals surface area contributed by atoms with Crippen molar-refractivity contribution in [2.75, 3.05) is 26.2 Å². The number of rotatable bonds is 8. The normalized spacial score (nSPS) is 23.2. The van der Waals surface area contributed by atoms with Crippen molar-refractivity contribution in [3.8, 4) is 5.75 Å². The first-order valence-electron chi connectivity index (χ1n) is 13.8. The van der Waals surface area contributed by atoms with Gasteiger partial charge in [0.1, 0.15) is 17.6 Å². The fraction of sp³-hybridized carbons (Fsp3) is 0.533. The number of aliphatic carboxylic acids is 1. The Balaban J connectivity index is 1.23. The molecule has 1 amide bonds. The molecule has 2 heterocycles. The van der Waals surface area contributed by atoms with E-state index in [-0.39, 0.29) is 23.4 Å². The quantitative estimate of drug-likeness (QED) is 0.374. The molecule has 1 N–H and O–H groups in total. The van der Waals surface area contributed by atoms with Gasteiger partial charge >= 0.3 is 5.97 Å². The molecule has 2 aromatic rings. The van der Waals surface area contributed by atoms with Crippen molar-refractivity contribution in [2.24, 2.45) is 11.8 Å². The van der Waals surface area contributed by atoms with Crippen LogP contribution in [0.3, 0.4) is 0 Å². The van der Waals surface area contributed by atoms with Crippen LogP contribution in [-0.2, 0) is 4.79 Å². The Morgan fingerprint density at radius 1 is 1.08 bits per heavy atom. The van der Waals surface area contributed by atoms with Crippen LogP contribution in [0, 0.1) is 17.7 Å². The van der Waals surface area contributed by atoms with Crippen LogP contribution in [0.4, 0.5) is 4.39 Å². The number of carboxylic acid groups (broad SMARTS) is 1. The molecule has 39 heavy (non-hydrogen) atoms. The van der Waals surface area contributed by atoms with Gasteiger partial charge in [-0.2, -0.15) is 0 Å². The van der Waals surface area contributed by atoms with Gasteiger partial charge in [0.25, 0.3) is 5.91 Å². The van der Waals surface area contributed by atoms with Crippen LogP contribution in [-0.4, -0.2) is 59.1 Å². The highest BCUT2D eigenvalue weighted by atomic mass is 35.5. The van der Waals surface area contributed by atoms with Crippen molar-refractivity contribution < 1.29 is 23.8 Å². The van der Waals surface area contributed by atoms with Gasteiger partial charge in [0, 0.05) is 28.7 Å². The minimum absolute atomic E-state index is 0.0568. The second kappa shape index (κ2) is 11.6. The number of likely N-dealkylation sites (tertiary alicyclic amines) is 2. The summed E-state index contributed by atoms with van der Waals surface area (Å²) < 4.78 is 21.5.